The summed E-state index contributed by atoms with van der Waals surface area (Å²) in [6, 6.07) is 16.8. The third-order valence-electron chi connectivity index (χ3n) is 3.46. The van der Waals surface area contributed by atoms with Gasteiger partial charge in [0.1, 0.15) is 5.75 Å². The van der Waals surface area contributed by atoms with Crippen molar-refractivity contribution < 1.29 is 4.74 Å². The van der Waals surface area contributed by atoms with Gasteiger partial charge in [-0.3, -0.25) is 0 Å². The van der Waals surface area contributed by atoms with Crippen molar-refractivity contribution in [2.45, 2.75) is 6.54 Å². The van der Waals surface area contributed by atoms with Gasteiger partial charge in [-0.2, -0.15) is 0 Å². The lowest BCUT2D eigenvalue weighted by molar-refractivity contribution is 0.409. The topological polar surface area (TPSA) is 12.5 Å². The molecule has 0 radical (unpaired) electrons. The van der Waals surface area contributed by atoms with Gasteiger partial charge in [0.05, 0.1) is 7.11 Å². The van der Waals surface area contributed by atoms with Crippen molar-refractivity contribution in [3.05, 3.63) is 71.4 Å². The first kappa shape index (κ1) is 11.8. The number of nitrogens with zero attached hydrogens (tertiary/aromatic N) is 1. The van der Waals surface area contributed by atoms with Crippen LogP contribution >= 0.6 is 0 Å². The monoisotopic (exact) mass is 251 g/mol. The fourth-order valence-corrected chi connectivity index (χ4v) is 2.54. The molecule has 96 valence electrons. The first-order valence-electron chi connectivity index (χ1n) is 6.42. The Morgan fingerprint density at radius 3 is 2.58 bits per heavy atom. The molecule has 2 aromatic carbocycles. The fourth-order valence-electron chi connectivity index (χ4n) is 2.54. The summed E-state index contributed by atoms with van der Waals surface area (Å²) in [4.78, 5) is 2.21. The van der Waals surface area contributed by atoms with E-state index in [4.69, 9.17) is 4.74 Å². The van der Waals surface area contributed by atoms with Crippen molar-refractivity contribution >= 4 is 5.57 Å². The SMILES string of the molecule is COc1ccc2c(c1)CN(C)C=C2c1ccccc1. The van der Waals surface area contributed by atoms with Crippen LogP contribution in [-0.4, -0.2) is 19.1 Å². The predicted molar refractivity (Wildman–Crippen MR) is 78.0 cm³/mol. The zero-order chi connectivity index (χ0) is 13.2. The van der Waals surface area contributed by atoms with E-state index in [-0.39, 0.29) is 0 Å². The average Bonchev–Trinajstić information content (AvgIpc) is 2.46. The van der Waals surface area contributed by atoms with Gasteiger partial charge in [0, 0.05) is 25.4 Å². The summed E-state index contributed by atoms with van der Waals surface area (Å²) in [5, 5.41) is 0. The second-order valence-electron chi connectivity index (χ2n) is 4.85. The smallest absolute Gasteiger partial charge is 0.119 e. The molecule has 0 aliphatic carbocycles. The Morgan fingerprint density at radius 2 is 1.84 bits per heavy atom. The van der Waals surface area contributed by atoms with E-state index in [1.165, 1.54) is 22.3 Å². The highest BCUT2D eigenvalue weighted by atomic mass is 16.5. The van der Waals surface area contributed by atoms with E-state index in [0.717, 1.165) is 12.3 Å². The normalized spacial score (nSPS) is 13.8. The van der Waals surface area contributed by atoms with Gasteiger partial charge in [-0.15, -0.1) is 0 Å². The summed E-state index contributed by atoms with van der Waals surface area (Å²) in [5.41, 5.74) is 5.13. The van der Waals surface area contributed by atoms with Gasteiger partial charge < -0.3 is 9.64 Å². The molecule has 0 saturated heterocycles. The molecule has 0 unspecified atom stereocenters. The van der Waals surface area contributed by atoms with Crippen LogP contribution in [0.5, 0.6) is 5.75 Å². The molecule has 2 heteroatoms. The van der Waals surface area contributed by atoms with E-state index >= 15 is 0 Å². The Labute approximate surface area is 113 Å². The third-order valence-corrected chi connectivity index (χ3v) is 3.46. The predicted octanol–water partition coefficient (Wildman–Crippen LogP) is 3.53. The van der Waals surface area contributed by atoms with Gasteiger partial charge in [0.25, 0.3) is 0 Å². The zero-order valence-corrected chi connectivity index (χ0v) is 11.3. The van der Waals surface area contributed by atoms with Crippen LogP contribution in [0.2, 0.25) is 0 Å². The van der Waals surface area contributed by atoms with Crippen LogP contribution in [0.3, 0.4) is 0 Å². The molecule has 2 aromatic rings. The van der Waals surface area contributed by atoms with Crippen LogP contribution in [0.15, 0.2) is 54.7 Å². The van der Waals surface area contributed by atoms with Gasteiger partial charge in [0.15, 0.2) is 0 Å². The van der Waals surface area contributed by atoms with Crippen molar-refractivity contribution in [3.8, 4) is 5.75 Å². The number of fused-ring (bicyclic) bond motifs is 1. The molecule has 1 aliphatic rings. The molecular formula is C17H17NO. The molecule has 0 aromatic heterocycles. The Balaban J connectivity index is 2.12. The van der Waals surface area contributed by atoms with E-state index in [0.29, 0.717) is 0 Å². The van der Waals surface area contributed by atoms with Gasteiger partial charge in [-0.25, -0.2) is 0 Å². The minimum atomic E-state index is 0.918. The van der Waals surface area contributed by atoms with Crippen molar-refractivity contribution in [2.75, 3.05) is 14.2 Å². The molecule has 0 bridgehead atoms. The van der Waals surface area contributed by atoms with Crippen molar-refractivity contribution in [2.24, 2.45) is 0 Å². The summed E-state index contributed by atoms with van der Waals surface area (Å²) in [6.07, 6.45) is 2.21. The van der Waals surface area contributed by atoms with Crippen molar-refractivity contribution in [3.63, 3.8) is 0 Å². The van der Waals surface area contributed by atoms with E-state index in [1.54, 1.807) is 7.11 Å². The van der Waals surface area contributed by atoms with E-state index < -0.39 is 0 Å². The molecule has 0 N–H and O–H groups in total. The Hall–Kier alpha value is -2.22. The molecule has 0 atom stereocenters. The van der Waals surface area contributed by atoms with Crippen LogP contribution in [-0.2, 0) is 6.54 Å². The molecule has 0 saturated carbocycles. The Morgan fingerprint density at radius 1 is 1.05 bits per heavy atom. The number of methoxy groups -OCH3 is 1. The van der Waals surface area contributed by atoms with Gasteiger partial charge >= 0.3 is 0 Å². The number of hydrogen-bond acceptors (Lipinski definition) is 2. The standard InChI is InChI=1S/C17H17NO/c1-18-11-14-10-15(19-2)8-9-16(14)17(12-18)13-6-4-3-5-7-13/h3-10,12H,11H2,1-2H3. The molecular weight excluding hydrogens is 234 g/mol. The molecule has 1 aliphatic heterocycles. The maximum Gasteiger partial charge on any atom is 0.119 e. The minimum Gasteiger partial charge on any atom is -0.497 e. The first-order valence-corrected chi connectivity index (χ1v) is 6.42. The number of rotatable bonds is 2. The maximum absolute atomic E-state index is 5.32. The molecule has 1 heterocycles. The third kappa shape index (κ3) is 2.22. The van der Waals surface area contributed by atoms with Crippen LogP contribution in [0.25, 0.3) is 5.57 Å². The van der Waals surface area contributed by atoms with E-state index in [9.17, 15) is 0 Å². The lowest BCUT2D eigenvalue weighted by atomic mass is 9.92. The summed E-state index contributed by atoms with van der Waals surface area (Å²) in [7, 11) is 3.81. The molecule has 0 spiro atoms. The molecule has 19 heavy (non-hydrogen) atoms. The highest BCUT2D eigenvalue weighted by Crippen LogP contribution is 2.33. The molecule has 0 fully saturated rings. The highest BCUT2D eigenvalue weighted by Gasteiger charge is 2.17. The minimum absolute atomic E-state index is 0.918. The average molecular weight is 251 g/mol. The van der Waals surface area contributed by atoms with Gasteiger partial charge in [-0.1, -0.05) is 36.4 Å². The van der Waals surface area contributed by atoms with Crippen LogP contribution < -0.4 is 4.74 Å². The highest BCUT2D eigenvalue weighted by molar-refractivity contribution is 5.82. The number of hydrogen-bond donors (Lipinski definition) is 0. The summed E-state index contributed by atoms with van der Waals surface area (Å²) >= 11 is 0. The van der Waals surface area contributed by atoms with Crippen LogP contribution in [0, 0.1) is 0 Å². The fraction of sp³-hybridized carbons (Fsp3) is 0.176. The van der Waals surface area contributed by atoms with Gasteiger partial charge in [0.2, 0.25) is 0 Å². The molecule has 2 nitrogen and oxygen atoms in total. The Kier molecular flexibility index (Phi) is 3.00. The van der Waals surface area contributed by atoms with Crippen molar-refractivity contribution in [1.29, 1.82) is 0 Å². The quantitative estimate of drug-likeness (QED) is 0.809. The summed E-state index contributed by atoms with van der Waals surface area (Å²) in [6.45, 7) is 0.920. The Bertz CT molecular complexity index is 616. The second kappa shape index (κ2) is 4.81. The van der Waals surface area contributed by atoms with Crippen LogP contribution in [0.1, 0.15) is 16.7 Å². The largest absolute Gasteiger partial charge is 0.497 e. The zero-order valence-electron chi connectivity index (χ0n) is 11.3. The number of ether oxygens (including phenoxy) is 1. The summed E-state index contributed by atoms with van der Waals surface area (Å²) in [5.74, 6) is 0.918. The molecule has 0 amide bonds. The lowest BCUT2D eigenvalue weighted by Crippen LogP contribution is -2.17. The maximum atomic E-state index is 5.32. The van der Waals surface area contributed by atoms with Crippen molar-refractivity contribution in [1.82, 2.24) is 4.90 Å². The molecule has 3 rings (SSSR count). The summed E-state index contributed by atoms with van der Waals surface area (Å²) < 4.78 is 5.32. The second-order valence-corrected chi connectivity index (χ2v) is 4.85. The van der Waals surface area contributed by atoms with Gasteiger partial charge in [-0.05, 0) is 28.8 Å². The first-order chi connectivity index (χ1) is 9.28. The van der Waals surface area contributed by atoms with E-state index in [1.807, 2.05) is 12.1 Å². The van der Waals surface area contributed by atoms with Crippen LogP contribution in [0.4, 0.5) is 0 Å². The van der Waals surface area contributed by atoms with E-state index in [2.05, 4.69) is 54.5 Å². The lowest BCUT2D eigenvalue weighted by Gasteiger charge is -2.26. The number of benzene rings is 2.